The molecular weight excluding hydrogens is 414 g/mol. The lowest BCUT2D eigenvalue weighted by molar-refractivity contribution is -0.384. The number of pyridine rings is 1. The third-order valence-electron chi connectivity index (χ3n) is 6.47. The van der Waals surface area contributed by atoms with Gasteiger partial charge in [-0.05, 0) is 44.0 Å². The van der Waals surface area contributed by atoms with E-state index >= 15 is 0 Å². The van der Waals surface area contributed by atoms with E-state index in [4.69, 9.17) is 0 Å². The molecule has 4 rings (SSSR count). The van der Waals surface area contributed by atoms with Crippen molar-refractivity contribution >= 4 is 17.6 Å². The quantitative estimate of drug-likeness (QED) is 0.486. The second kappa shape index (κ2) is 10.7. The topological polar surface area (TPSA) is 65.8 Å². The maximum atomic E-state index is 11.4. The van der Waals surface area contributed by atoms with E-state index in [1.165, 1.54) is 16.7 Å². The number of allylic oxidation sites excluding steroid dienone is 2. The number of rotatable bonds is 6. The molecule has 0 amide bonds. The van der Waals surface area contributed by atoms with E-state index < -0.39 is 0 Å². The van der Waals surface area contributed by atoms with Crippen LogP contribution in [0.15, 0.2) is 54.1 Å². The Kier molecular flexibility index (Phi) is 7.52. The highest BCUT2D eigenvalue weighted by Crippen LogP contribution is 2.29. The van der Waals surface area contributed by atoms with E-state index in [1.54, 1.807) is 12.1 Å². The van der Waals surface area contributed by atoms with Crippen LogP contribution >= 0.6 is 0 Å². The van der Waals surface area contributed by atoms with Crippen LogP contribution in [0, 0.1) is 17.0 Å². The standard InChI is InChI=1S/C26H33N5O2/c1-21-9-10-25(31(32)33)26(27-21)30-13-11-22(12-14-30)5-3-6-23-7-4-8-24(19-23)20-29-17-15-28(2)16-18-29/h3-10,19H,11-18,20H2,1-2H3. The Bertz CT molecular complexity index is 1030. The van der Waals surface area contributed by atoms with Gasteiger partial charge in [0.05, 0.1) is 4.92 Å². The first-order chi connectivity index (χ1) is 16.0. The molecule has 2 aliphatic rings. The van der Waals surface area contributed by atoms with Crippen molar-refractivity contribution in [2.75, 3.05) is 51.2 Å². The molecule has 0 atom stereocenters. The Hall–Kier alpha value is -3.03. The Balaban J connectivity index is 1.33. The second-order valence-corrected chi connectivity index (χ2v) is 9.05. The van der Waals surface area contributed by atoms with E-state index in [-0.39, 0.29) is 10.6 Å². The molecule has 2 aliphatic heterocycles. The maximum absolute atomic E-state index is 11.4. The molecule has 33 heavy (non-hydrogen) atoms. The largest absolute Gasteiger partial charge is 0.350 e. The summed E-state index contributed by atoms with van der Waals surface area (Å²) in [4.78, 5) is 22.4. The Morgan fingerprint density at radius 2 is 1.82 bits per heavy atom. The smallest absolute Gasteiger partial charge is 0.311 e. The first kappa shape index (κ1) is 23.1. The Morgan fingerprint density at radius 3 is 2.55 bits per heavy atom. The van der Waals surface area contributed by atoms with Gasteiger partial charge in [0, 0.05) is 57.6 Å². The monoisotopic (exact) mass is 447 g/mol. The summed E-state index contributed by atoms with van der Waals surface area (Å²) < 4.78 is 0. The minimum Gasteiger partial charge on any atom is -0.350 e. The number of likely N-dealkylation sites (N-methyl/N-ethyl adjacent to an activating group) is 1. The maximum Gasteiger partial charge on any atom is 0.311 e. The first-order valence-electron chi connectivity index (χ1n) is 11.7. The predicted molar refractivity (Wildman–Crippen MR) is 133 cm³/mol. The van der Waals surface area contributed by atoms with Crippen LogP contribution in [0.1, 0.15) is 29.7 Å². The van der Waals surface area contributed by atoms with Gasteiger partial charge in [0.25, 0.3) is 0 Å². The van der Waals surface area contributed by atoms with Gasteiger partial charge in [-0.2, -0.15) is 0 Å². The number of anilines is 1. The third-order valence-corrected chi connectivity index (χ3v) is 6.47. The number of hydrogen-bond acceptors (Lipinski definition) is 6. The zero-order valence-corrected chi connectivity index (χ0v) is 19.6. The van der Waals surface area contributed by atoms with Crippen molar-refractivity contribution in [2.45, 2.75) is 26.3 Å². The molecule has 0 saturated carbocycles. The number of nitro groups is 1. The summed E-state index contributed by atoms with van der Waals surface area (Å²) in [6.45, 7) is 8.89. The van der Waals surface area contributed by atoms with Gasteiger partial charge in [-0.15, -0.1) is 0 Å². The van der Waals surface area contributed by atoms with Crippen LogP contribution in [0.4, 0.5) is 11.5 Å². The molecule has 1 aromatic heterocycles. The summed E-state index contributed by atoms with van der Waals surface area (Å²) in [7, 11) is 2.18. The summed E-state index contributed by atoms with van der Waals surface area (Å²) >= 11 is 0. The van der Waals surface area contributed by atoms with Crippen LogP contribution in [-0.4, -0.2) is 66.0 Å². The zero-order valence-electron chi connectivity index (χ0n) is 19.6. The summed E-state index contributed by atoms with van der Waals surface area (Å²) in [5.41, 5.74) is 4.83. The zero-order chi connectivity index (χ0) is 23.2. The fourth-order valence-corrected chi connectivity index (χ4v) is 4.44. The summed E-state index contributed by atoms with van der Waals surface area (Å²) in [6, 6.07) is 12.0. The number of piperidine rings is 1. The summed E-state index contributed by atoms with van der Waals surface area (Å²) in [6.07, 6.45) is 8.27. The van der Waals surface area contributed by atoms with Crippen LogP contribution < -0.4 is 4.90 Å². The fourth-order valence-electron chi connectivity index (χ4n) is 4.44. The number of piperazine rings is 1. The van der Waals surface area contributed by atoms with Crippen LogP contribution in [-0.2, 0) is 6.54 Å². The molecule has 0 N–H and O–H groups in total. The van der Waals surface area contributed by atoms with E-state index in [0.717, 1.165) is 64.3 Å². The molecule has 2 fully saturated rings. The predicted octanol–water partition coefficient (Wildman–Crippen LogP) is 4.29. The molecular formula is C26H33N5O2. The molecule has 7 heteroatoms. The van der Waals surface area contributed by atoms with Gasteiger partial charge in [-0.3, -0.25) is 15.0 Å². The molecule has 0 spiro atoms. The van der Waals surface area contributed by atoms with Gasteiger partial charge in [0.1, 0.15) is 0 Å². The fraction of sp³-hybridized carbons (Fsp3) is 0.423. The number of aromatic nitrogens is 1. The number of aryl methyl sites for hydroxylation is 1. The van der Waals surface area contributed by atoms with Crippen molar-refractivity contribution in [3.63, 3.8) is 0 Å². The lowest BCUT2D eigenvalue weighted by Gasteiger charge is -2.32. The van der Waals surface area contributed by atoms with Crippen molar-refractivity contribution in [1.82, 2.24) is 14.8 Å². The van der Waals surface area contributed by atoms with Crippen molar-refractivity contribution < 1.29 is 4.92 Å². The average molecular weight is 448 g/mol. The van der Waals surface area contributed by atoms with Crippen LogP contribution in [0.5, 0.6) is 0 Å². The lowest BCUT2D eigenvalue weighted by Crippen LogP contribution is -2.43. The SMILES string of the molecule is Cc1ccc([N+](=O)[O-])c(N2CCC(=CC=Cc3cccc(CN4CCN(C)CC4)c3)CC2)n1. The Labute approximate surface area is 196 Å². The van der Waals surface area contributed by atoms with Crippen LogP contribution in [0.2, 0.25) is 0 Å². The second-order valence-electron chi connectivity index (χ2n) is 9.05. The van der Waals surface area contributed by atoms with Gasteiger partial charge in [-0.1, -0.05) is 48.1 Å². The summed E-state index contributed by atoms with van der Waals surface area (Å²) in [5, 5.41) is 11.4. The van der Waals surface area contributed by atoms with E-state index in [2.05, 4.69) is 64.3 Å². The minimum atomic E-state index is -0.340. The molecule has 0 aliphatic carbocycles. The lowest BCUT2D eigenvalue weighted by atomic mass is 10.0. The first-order valence-corrected chi connectivity index (χ1v) is 11.7. The number of benzene rings is 1. The van der Waals surface area contributed by atoms with Crippen LogP contribution in [0.25, 0.3) is 6.08 Å². The van der Waals surface area contributed by atoms with Crippen LogP contribution in [0.3, 0.4) is 0 Å². The normalized spacial score (nSPS) is 18.1. The molecule has 3 heterocycles. The van der Waals surface area contributed by atoms with E-state index in [9.17, 15) is 10.1 Å². The number of nitrogens with zero attached hydrogens (tertiary/aromatic N) is 5. The molecule has 2 aromatic rings. The Morgan fingerprint density at radius 1 is 1.06 bits per heavy atom. The highest BCUT2D eigenvalue weighted by molar-refractivity contribution is 5.59. The minimum absolute atomic E-state index is 0.0874. The highest BCUT2D eigenvalue weighted by atomic mass is 16.6. The molecule has 7 nitrogen and oxygen atoms in total. The van der Waals surface area contributed by atoms with Crippen molar-refractivity contribution in [2.24, 2.45) is 0 Å². The van der Waals surface area contributed by atoms with Crippen molar-refractivity contribution in [3.05, 3.63) is 81.1 Å². The van der Waals surface area contributed by atoms with Crippen molar-refractivity contribution in [1.29, 1.82) is 0 Å². The molecule has 0 unspecified atom stereocenters. The molecule has 174 valence electrons. The molecule has 1 aromatic carbocycles. The number of hydrogen-bond donors (Lipinski definition) is 0. The van der Waals surface area contributed by atoms with Gasteiger partial charge in [0.2, 0.25) is 5.82 Å². The third kappa shape index (κ3) is 6.27. The van der Waals surface area contributed by atoms with Gasteiger partial charge in [0.15, 0.2) is 0 Å². The molecule has 0 bridgehead atoms. The summed E-state index contributed by atoms with van der Waals surface area (Å²) in [5.74, 6) is 0.492. The van der Waals surface area contributed by atoms with E-state index in [0.29, 0.717) is 5.82 Å². The average Bonchev–Trinajstić information content (AvgIpc) is 2.81. The van der Waals surface area contributed by atoms with Gasteiger partial charge < -0.3 is 9.80 Å². The van der Waals surface area contributed by atoms with E-state index in [1.807, 2.05) is 11.8 Å². The van der Waals surface area contributed by atoms with Gasteiger partial charge in [-0.25, -0.2) is 4.98 Å². The van der Waals surface area contributed by atoms with Crippen molar-refractivity contribution in [3.8, 4) is 0 Å². The molecule has 0 radical (unpaired) electrons. The molecule has 2 saturated heterocycles. The van der Waals surface area contributed by atoms with Gasteiger partial charge >= 0.3 is 5.69 Å². The highest BCUT2D eigenvalue weighted by Gasteiger charge is 2.23.